The van der Waals surface area contributed by atoms with Crippen molar-refractivity contribution < 1.29 is 0 Å². The molecule has 0 aromatic heterocycles. The highest BCUT2D eigenvalue weighted by Crippen LogP contribution is 2.21. The fourth-order valence-corrected chi connectivity index (χ4v) is 3.07. The second-order valence-corrected chi connectivity index (χ2v) is 6.38. The molecule has 3 nitrogen and oxygen atoms in total. The highest BCUT2D eigenvalue weighted by atomic mass is 15.2. The second kappa shape index (κ2) is 6.88. The highest BCUT2D eigenvalue weighted by Gasteiger charge is 2.28. The van der Waals surface area contributed by atoms with Gasteiger partial charge in [0.1, 0.15) is 0 Å². The van der Waals surface area contributed by atoms with Crippen LogP contribution in [0.2, 0.25) is 0 Å². The molecule has 1 heterocycles. The monoisotopic (exact) mass is 253 g/mol. The van der Waals surface area contributed by atoms with E-state index in [1.807, 2.05) is 0 Å². The molecule has 1 saturated carbocycles. The molecular formula is C15H31N3. The van der Waals surface area contributed by atoms with Crippen LogP contribution in [0.3, 0.4) is 0 Å². The second-order valence-electron chi connectivity index (χ2n) is 6.38. The largest absolute Gasteiger partial charge is 0.312 e. The third-order valence-corrected chi connectivity index (χ3v) is 4.52. The standard InChI is InChI=1S/C15H31N3/c1-4-6-14(11-16-13-8-9-13)18-10-5-7-15(12-18)17(2)3/h13-16H,4-12H2,1-3H3. The van der Waals surface area contributed by atoms with E-state index in [-0.39, 0.29) is 0 Å². The van der Waals surface area contributed by atoms with Crippen LogP contribution >= 0.6 is 0 Å². The summed E-state index contributed by atoms with van der Waals surface area (Å²) >= 11 is 0. The Balaban J connectivity index is 1.82. The van der Waals surface area contributed by atoms with E-state index < -0.39 is 0 Å². The van der Waals surface area contributed by atoms with Gasteiger partial charge in [-0.15, -0.1) is 0 Å². The molecule has 2 unspecified atom stereocenters. The Bertz CT molecular complexity index is 236. The smallest absolute Gasteiger partial charge is 0.0221 e. The third-order valence-electron chi connectivity index (χ3n) is 4.52. The van der Waals surface area contributed by atoms with Crippen molar-refractivity contribution in [3.05, 3.63) is 0 Å². The van der Waals surface area contributed by atoms with Crippen LogP contribution in [0.15, 0.2) is 0 Å². The topological polar surface area (TPSA) is 18.5 Å². The molecule has 1 saturated heterocycles. The Morgan fingerprint density at radius 2 is 2.06 bits per heavy atom. The summed E-state index contributed by atoms with van der Waals surface area (Å²) in [6, 6.07) is 2.37. The number of hydrogen-bond donors (Lipinski definition) is 1. The summed E-state index contributed by atoms with van der Waals surface area (Å²) < 4.78 is 0. The van der Waals surface area contributed by atoms with Gasteiger partial charge in [-0.05, 0) is 52.7 Å². The summed E-state index contributed by atoms with van der Waals surface area (Å²) in [5, 5.41) is 3.73. The predicted molar refractivity (Wildman–Crippen MR) is 78.0 cm³/mol. The average Bonchev–Trinajstić information content (AvgIpc) is 3.18. The van der Waals surface area contributed by atoms with Gasteiger partial charge in [0.2, 0.25) is 0 Å². The number of likely N-dealkylation sites (N-methyl/N-ethyl adjacent to an activating group) is 1. The first kappa shape index (κ1) is 14.3. The average molecular weight is 253 g/mol. The van der Waals surface area contributed by atoms with Crippen LogP contribution in [0.4, 0.5) is 0 Å². The minimum atomic E-state index is 0.762. The lowest BCUT2D eigenvalue weighted by Crippen LogP contribution is -2.52. The van der Waals surface area contributed by atoms with Crippen molar-refractivity contribution in [1.29, 1.82) is 0 Å². The van der Waals surface area contributed by atoms with Crippen molar-refractivity contribution in [1.82, 2.24) is 15.1 Å². The molecule has 2 atom stereocenters. The Labute approximate surface area is 113 Å². The maximum atomic E-state index is 3.73. The van der Waals surface area contributed by atoms with Gasteiger partial charge in [-0.3, -0.25) is 4.90 Å². The Morgan fingerprint density at radius 3 is 2.67 bits per heavy atom. The Morgan fingerprint density at radius 1 is 1.28 bits per heavy atom. The molecule has 1 N–H and O–H groups in total. The summed E-state index contributed by atoms with van der Waals surface area (Å²) in [5.74, 6) is 0. The minimum absolute atomic E-state index is 0.762. The molecule has 2 fully saturated rings. The van der Waals surface area contributed by atoms with Crippen molar-refractivity contribution in [2.75, 3.05) is 33.7 Å². The van der Waals surface area contributed by atoms with Crippen LogP contribution in [0.1, 0.15) is 45.4 Å². The van der Waals surface area contributed by atoms with Crippen LogP contribution in [0.25, 0.3) is 0 Å². The number of nitrogens with one attached hydrogen (secondary N) is 1. The van der Waals surface area contributed by atoms with Crippen LogP contribution in [0, 0.1) is 0 Å². The summed E-state index contributed by atoms with van der Waals surface area (Å²) in [5.41, 5.74) is 0. The first-order chi connectivity index (χ1) is 8.70. The lowest BCUT2D eigenvalue weighted by molar-refractivity contribution is 0.0906. The lowest BCUT2D eigenvalue weighted by Gasteiger charge is -2.40. The van der Waals surface area contributed by atoms with Crippen LogP contribution in [0.5, 0.6) is 0 Å². The summed E-state index contributed by atoms with van der Waals surface area (Å²) in [6.07, 6.45) is 8.20. The summed E-state index contributed by atoms with van der Waals surface area (Å²) in [4.78, 5) is 5.15. The van der Waals surface area contributed by atoms with Gasteiger partial charge < -0.3 is 10.2 Å². The lowest BCUT2D eigenvalue weighted by atomic mass is 10.0. The van der Waals surface area contributed by atoms with Crippen LogP contribution in [-0.4, -0.2) is 61.7 Å². The van der Waals surface area contributed by atoms with Gasteiger partial charge in [-0.2, -0.15) is 0 Å². The number of piperidine rings is 1. The fourth-order valence-electron chi connectivity index (χ4n) is 3.07. The van der Waals surface area contributed by atoms with E-state index in [4.69, 9.17) is 0 Å². The molecule has 0 radical (unpaired) electrons. The normalized spacial score (nSPS) is 27.7. The van der Waals surface area contributed by atoms with Gasteiger partial charge in [-0.25, -0.2) is 0 Å². The quantitative estimate of drug-likeness (QED) is 0.748. The van der Waals surface area contributed by atoms with Crippen molar-refractivity contribution in [2.45, 2.75) is 63.6 Å². The SMILES string of the molecule is CCCC(CNC1CC1)N1CCCC(N(C)C)C1. The number of rotatable bonds is 7. The molecule has 0 aromatic carbocycles. The van der Waals surface area contributed by atoms with Gasteiger partial charge in [0.05, 0.1) is 0 Å². The van der Waals surface area contributed by atoms with Gasteiger partial charge in [0.25, 0.3) is 0 Å². The number of hydrogen-bond acceptors (Lipinski definition) is 3. The number of likely N-dealkylation sites (tertiary alicyclic amines) is 1. The van der Waals surface area contributed by atoms with E-state index in [2.05, 4.69) is 36.1 Å². The van der Waals surface area contributed by atoms with Crippen molar-refractivity contribution in [3.63, 3.8) is 0 Å². The molecule has 106 valence electrons. The number of nitrogens with zero attached hydrogens (tertiary/aromatic N) is 2. The Kier molecular flexibility index (Phi) is 5.46. The van der Waals surface area contributed by atoms with Crippen molar-refractivity contribution in [2.24, 2.45) is 0 Å². The maximum Gasteiger partial charge on any atom is 0.0221 e. The first-order valence-corrected chi connectivity index (χ1v) is 7.84. The first-order valence-electron chi connectivity index (χ1n) is 7.84. The summed E-state index contributed by atoms with van der Waals surface area (Å²) in [7, 11) is 4.46. The molecule has 1 aliphatic carbocycles. The van der Waals surface area contributed by atoms with Crippen molar-refractivity contribution in [3.8, 4) is 0 Å². The molecule has 0 amide bonds. The molecule has 0 aromatic rings. The van der Waals surface area contributed by atoms with Crippen LogP contribution < -0.4 is 5.32 Å². The van der Waals surface area contributed by atoms with Gasteiger partial charge in [0.15, 0.2) is 0 Å². The van der Waals surface area contributed by atoms with E-state index in [9.17, 15) is 0 Å². The van der Waals surface area contributed by atoms with Crippen LogP contribution in [-0.2, 0) is 0 Å². The molecule has 0 spiro atoms. The summed E-state index contributed by atoms with van der Waals surface area (Å²) in [6.45, 7) is 6.10. The highest BCUT2D eigenvalue weighted by molar-refractivity contribution is 4.87. The predicted octanol–water partition coefficient (Wildman–Crippen LogP) is 1.93. The molecule has 2 rings (SSSR count). The molecule has 18 heavy (non-hydrogen) atoms. The third kappa shape index (κ3) is 4.22. The van der Waals surface area contributed by atoms with E-state index in [0.717, 1.165) is 18.1 Å². The zero-order valence-corrected chi connectivity index (χ0v) is 12.5. The zero-order valence-electron chi connectivity index (χ0n) is 12.5. The maximum absolute atomic E-state index is 3.73. The van der Waals surface area contributed by atoms with Gasteiger partial charge in [-0.1, -0.05) is 13.3 Å². The van der Waals surface area contributed by atoms with E-state index in [0.29, 0.717) is 0 Å². The Hall–Kier alpha value is -0.120. The van der Waals surface area contributed by atoms with E-state index in [1.54, 1.807) is 0 Å². The zero-order chi connectivity index (χ0) is 13.0. The van der Waals surface area contributed by atoms with E-state index in [1.165, 1.54) is 58.2 Å². The molecule has 3 heteroatoms. The molecule has 1 aliphatic heterocycles. The van der Waals surface area contributed by atoms with E-state index >= 15 is 0 Å². The van der Waals surface area contributed by atoms with Gasteiger partial charge >= 0.3 is 0 Å². The molecule has 0 bridgehead atoms. The molecule has 2 aliphatic rings. The van der Waals surface area contributed by atoms with Gasteiger partial charge in [0, 0.05) is 31.2 Å². The molecular weight excluding hydrogens is 222 g/mol. The minimum Gasteiger partial charge on any atom is -0.312 e. The van der Waals surface area contributed by atoms with Crippen molar-refractivity contribution >= 4 is 0 Å². The fraction of sp³-hybridized carbons (Fsp3) is 1.00.